The average molecular weight is 280 g/mol. The van der Waals surface area contributed by atoms with E-state index in [1.807, 2.05) is 31.2 Å². The number of amides is 1. The van der Waals surface area contributed by atoms with Gasteiger partial charge < -0.3 is 10.6 Å². The smallest absolute Gasteiger partial charge is 0.238 e. The Morgan fingerprint density at radius 3 is 2.79 bits per heavy atom. The van der Waals surface area contributed by atoms with Crippen molar-refractivity contribution < 1.29 is 9.00 Å². The van der Waals surface area contributed by atoms with E-state index in [9.17, 15) is 9.00 Å². The minimum absolute atomic E-state index is 0.0303. The Bertz CT molecular complexity index is 466. The first-order chi connectivity index (χ1) is 9.13. The van der Waals surface area contributed by atoms with Crippen LogP contribution in [0.25, 0.3) is 0 Å². The molecule has 1 aromatic rings. The largest absolute Gasteiger partial charge is 0.325 e. The monoisotopic (exact) mass is 280 g/mol. The Morgan fingerprint density at radius 2 is 2.11 bits per heavy atom. The SMILES string of the molecule is Cc1cccc(NC(=O)CNC2CCS(=O)CC2)c1. The summed E-state index contributed by atoms with van der Waals surface area (Å²) < 4.78 is 11.2. The lowest BCUT2D eigenvalue weighted by Gasteiger charge is -2.22. The third-order valence-electron chi connectivity index (χ3n) is 3.24. The van der Waals surface area contributed by atoms with Crippen LogP contribution in [0.2, 0.25) is 0 Å². The summed E-state index contributed by atoms with van der Waals surface area (Å²) >= 11 is 0. The normalized spacial score (nSPS) is 23.0. The van der Waals surface area contributed by atoms with Crippen LogP contribution in [-0.4, -0.2) is 34.2 Å². The number of aryl methyl sites for hydroxylation is 1. The van der Waals surface area contributed by atoms with Crippen LogP contribution >= 0.6 is 0 Å². The molecule has 0 radical (unpaired) electrons. The average Bonchev–Trinajstić information content (AvgIpc) is 2.38. The van der Waals surface area contributed by atoms with Crippen molar-refractivity contribution in [1.82, 2.24) is 5.32 Å². The fourth-order valence-corrected chi connectivity index (χ4v) is 3.46. The third kappa shape index (κ3) is 4.76. The summed E-state index contributed by atoms with van der Waals surface area (Å²) in [5.74, 6) is 1.46. The first-order valence-electron chi connectivity index (χ1n) is 6.58. The number of rotatable bonds is 4. The van der Waals surface area contributed by atoms with E-state index in [1.54, 1.807) is 0 Å². The molecule has 1 aromatic carbocycles. The summed E-state index contributed by atoms with van der Waals surface area (Å²) in [5.41, 5.74) is 1.96. The van der Waals surface area contributed by atoms with Gasteiger partial charge in [-0.1, -0.05) is 12.1 Å². The molecule has 4 nitrogen and oxygen atoms in total. The predicted octanol–water partition coefficient (Wildman–Crippen LogP) is 1.43. The number of benzene rings is 1. The van der Waals surface area contributed by atoms with E-state index in [2.05, 4.69) is 10.6 Å². The maximum atomic E-state index is 11.8. The van der Waals surface area contributed by atoms with E-state index in [4.69, 9.17) is 0 Å². The summed E-state index contributed by atoms with van der Waals surface area (Å²) in [5, 5.41) is 6.10. The molecule has 0 aromatic heterocycles. The van der Waals surface area contributed by atoms with Gasteiger partial charge in [0.15, 0.2) is 0 Å². The van der Waals surface area contributed by atoms with Crippen molar-refractivity contribution in [3.8, 4) is 0 Å². The van der Waals surface area contributed by atoms with Gasteiger partial charge in [-0.15, -0.1) is 0 Å². The Labute approximate surface area is 116 Å². The summed E-state index contributed by atoms with van der Waals surface area (Å²) in [4.78, 5) is 11.8. The molecule has 0 bridgehead atoms. The van der Waals surface area contributed by atoms with E-state index in [-0.39, 0.29) is 5.91 Å². The number of anilines is 1. The van der Waals surface area contributed by atoms with Crippen molar-refractivity contribution in [2.24, 2.45) is 0 Å². The highest BCUT2D eigenvalue weighted by Gasteiger charge is 2.17. The van der Waals surface area contributed by atoms with Crippen molar-refractivity contribution in [2.45, 2.75) is 25.8 Å². The number of carbonyl (C=O) groups is 1. The first kappa shape index (κ1) is 14.2. The lowest BCUT2D eigenvalue weighted by Crippen LogP contribution is -2.40. The molecule has 0 aliphatic carbocycles. The van der Waals surface area contributed by atoms with Crippen molar-refractivity contribution in [1.29, 1.82) is 0 Å². The fourth-order valence-electron chi connectivity index (χ4n) is 2.16. The minimum atomic E-state index is -0.650. The summed E-state index contributed by atoms with van der Waals surface area (Å²) in [6.45, 7) is 2.31. The quantitative estimate of drug-likeness (QED) is 0.877. The number of hydrogen-bond donors (Lipinski definition) is 2. The van der Waals surface area contributed by atoms with Crippen LogP contribution in [0.1, 0.15) is 18.4 Å². The van der Waals surface area contributed by atoms with Crippen molar-refractivity contribution in [3.05, 3.63) is 29.8 Å². The van der Waals surface area contributed by atoms with Crippen molar-refractivity contribution in [3.63, 3.8) is 0 Å². The summed E-state index contributed by atoms with van der Waals surface area (Å²) in [7, 11) is -0.650. The van der Waals surface area contributed by atoms with E-state index in [0.29, 0.717) is 12.6 Å². The molecule has 1 saturated heterocycles. The molecule has 1 amide bonds. The highest BCUT2D eigenvalue weighted by atomic mass is 32.2. The topological polar surface area (TPSA) is 58.2 Å². The van der Waals surface area contributed by atoms with Gasteiger partial charge in [-0.3, -0.25) is 9.00 Å². The molecule has 1 fully saturated rings. The Balaban J connectivity index is 1.74. The standard InChI is InChI=1S/C14H20N2O2S/c1-11-3-2-4-13(9-11)16-14(17)10-15-12-5-7-19(18)8-6-12/h2-4,9,12,15H,5-8,10H2,1H3,(H,16,17). The van der Waals surface area contributed by atoms with Gasteiger partial charge >= 0.3 is 0 Å². The Morgan fingerprint density at radius 1 is 1.37 bits per heavy atom. The fraction of sp³-hybridized carbons (Fsp3) is 0.500. The number of nitrogens with one attached hydrogen (secondary N) is 2. The maximum absolute atomic E-state index is 11.8. The lowest BCUT2D eigenvalue weighted by molar-refractivity contribution is -0.115. The highest BCUT2D eigenvalue weighted by molar-refractivity contribution is 7.85. The molecule has 0 unspecified atom stereocenters. The zero-order chi connectivity index (χ0) is 13.7. The van der Waals surface area contributed by atoms with Gasteiger partial charge in [0.1, 0.15) is 0 Å². The zero-order valence-corrected chi connectivity index (χ0v) is 12.0. The molecular weight excluding hydrogens is 260 g/mol. The maximum Gasteiger partial charge on any atom is 0.238 e. The molecule has 0 spiro atoms. The molecule has 1 aliphatic rings. The Hall–Kier alpha value is -1.20. The molecule has 19 heavy (non-hydrogen) atoms. The minimum Gasteiger partial charge on any atom is -0.325 e. The van der Waals surface area contributed by atoms with E-state index < -0.39 is 10.8 Å². The van der Waals surface area contributed by atoms with E-state index in [1.165, 1.54) is 0 Å². The van der Waals surface area contributed by atoms with Crippen LogP contribution in [0, 0.1) is 6.92 Å². The molecular formula is C14H20N2O2S. The third-order valence-corrected chi connectivity index (χ3v) is 4.62. The summed E-state index contributed by atoms with van der Waals surface area (Å²) in [6, 6.07) is 8.07. The van der Waals surface area contributed by atoms with Crippen LogP contribution in [0.4, 0.5) is 5.69 Å². The molecule has 0 saturated carbocycles. The first-order valence-corrected chi connectivity index (χ1v) is 8.07. The van der Waals surface area contributed by atoms with Gasteiger partial charge in [0.05, 0.1) is 6.54 Å². The van der Waals surface area contributed by atoms with Crippen LogP contribution in [0.3, 0.4) is 0 Å². The van der Waals surface area contributed by atoms with Gasteiger partial charge in [-0.2, -0.15) is 0 Å². The molecule has 1 aliphatic heterocycles. The molecule has 2 rings (SSSR count). The van der Waals surface area contributed by atoms with Crippen LogP contribution < -0.4 is 10.6 Å². The molecule has 104 valence electrons. The molecule has 1 heterocycles. The second kappa shape index (κ2) is 6.82. The predicted molar refractivity (Wildman–Crippen MR) is 78.7 cm³/mol. The lowest BCUT2D eigenvalue weighted by atomic mass is 10.1. The van der Waals surface area contributed by atoms with Gasteiger partial charge in [0.2, 0.25) is 5.91 Å². The summed E-state index contributed by atoms with van der Waals surface area (Å²) in [6.07, 6.45) is 1.79. The second-order valence-electron chi connectivity index (χ2n) is 4.92. The van der Waals surface area contributed by atoms with Gasteiger partial charge in [-0.05, 0) is 37.5 Å². The van der Waals surface area contributed by atoms with Gasteiger partial charge in [0, 0.05) is 34.0 Å². The van der Waals surface area contributed by atoms with Crippen molar-refractivity contribution >= 4 is 22.4 Å². The van der Waals surface area contributed by atoms with Gasteiger partial charge in [0.25, 0.3) is 0 Å². The number of carbonyl (C=O) groups excluding carboxylic acids is 1. The van der Waals surface area contributed by atoms with Crippen LogP contribution in [-0.2, 0) is 15.6 Å². The molecule has 5 heteroatoms. The Kier molecular flexibility index (Phi) is 5.10. The van der Waals surface area contributed by atoms with Gasteiger partial charge in [-0.25, -0.2) is 0 Å². The highest BCUT2D eigenvalue weighted by Crippen LogP contribution is 2.10. The number of hydrogen-bond acceptors (Lipinski definition) is 3. The molecule has 2 N–H and O–H groups in total. The molecule has 0 atom stereocenters. The van der Waals surface area contributed by atoms with Crippen molar-refractivity contribution in [2.75, 3.05) is 23.4 Å². The van der Waals surface area contributed by atoms with E-state index >= 15 is 0 Å². The second-order valence-corrected chi connectivity index (χ2v) is 6.62. The van der Waals surface area contributed by atoms with Crippen LogP contribution in [0.15, 0.2) is 24.3 Å². The van der Waals surface area contributed by atoms with E-state index in [0.717, 1.165) is 35.6 Å². The zero-order valence-electron chi connectivity index (χ0n) is 11.1. The van der Waals surface area contributed by atoms with Crippen LogP contribution in [0.5, 0.6) is 0 Å².